The zero-order chi connectivity index (χ0) is 13.9. The minimum atomic E-state index is 0.424. The normalized spacial score (nSPS) is 18.3. The summed E-state index contributed by atoms with van der Waals surface area (Å²) in [6.45, 7) is 13.3. The predicted molar refractivity (Wildman–Crippen MR) is 81.4 cm³/mol. The number of hydrogen-bond acceptors (Lipinski definition) is 3. The predicted octanol–water partition coefficient (Wildman–Crippen LogP) is 3.06. The molecule has 0 bridgehead atoms. The summed E-state index contributed by atoms with van der Waals surface area (Å²) in [5.41, 5.74) is 1.57. The number of rotatable bonds is 5. The maximum atomic E-state index is 4.78. The molecule has 1 N–H and O–H groups in total. The van der Waals surface area contributed by atoms with E-state index >= 15 is 0 Å². The molecule has 19 heavy (non-hydrogen) atoms. The minimum absolute atomic E-state index is 0.424. The van der Waals surface area contributed by atoms with E-state index in [-0.39, 0.29) is 0 Å². The monoisotopic (exact) mass is 261 g/mol. The quantitative estimate of drug-likeness (QED) is 0.883. The van der Waals surface area contributed by atoms with Crippen LogP contribution in [0.25, 0.3) is 0 Å². The Bertz CT molecular complexity index is 412. The first-order valence-electron chi connectivity index (χ1n) is 7.38. The fourth-order valence-corrected chi connectivity index (χ4v) is 2.54. The molecule has 0 spiro atoms. The molecule has 1 fully saturated rings. The molecule has 0 aliphatic carbocycles. The van der Waals surface area contributed by atoms with Crippen LogP contribution < -0.4 is 10.2 Å². The molecule has 3 heteroatoms. The molecule has 0 unspecified atom stereocenters. The molecule has 106 valence electrons. The first-order valence-corrected chi connectivity index (χ1v) is 7.38. The van der Waals surface area contributed by atoms with Crippen molar-refractivity contribution < 1.29 is 0 Å². The van der Waals surface area contributed by atoms with E-state index in [0.717, 1.165) is 37.7 Å². The summed E-state index contributed by atoms with van der Waals surface area (Å²) < 4.78 is 0. The average molecular weight is 261 g/mol. The van der Waals surface area contributed by atoms with Gasteiger partial charge in [0.1, 0.15) is 5.82 Å². The Kier molecular flexibility index (Phi) is 4.46. The smallest absolute Gasteiger partial charge is 0.128 e. The third-order valence-electron chi connectivity index (χ3n) is 3.65. The Morgan fingerprint density at radius 1 is 1.37 bits per heavy atom. The van der Waals surface area contributed by atoms with Crippen LogP contribution in [0.3, 0.4) is 0 Å². The number of pyridine rings is 1. The van der Waals surface area contributed by atoms with Gasteiger partial charge in [0, 0.05) is 19.6 Å². The molecular weight excluding hydrogens is 234 g/mol. The lowest BCUT2D eigenvalue weighted by atomic mass is 9.93. The zero-order valence-electron chi connectivity index (χ0n) is 12.7. The van der Waals surface area contributed by atoms with Crippen LogP contribution in [0.4, 0.5) is 5.82 Å². The third-order valence-corrected chi connectivity index (χ3v) is 3.65. The Morgan fingerprint density at radius 3 is 2.79 bits per heavy atom. The summed E-state index contributed by atoms with van der Waals surface area (Å²) >= 11 is 0. The summed E-state index contributed by atoms with van der Waals surface area (Å²) in [4.78, 5) is 7.19. The number of anilines is 1. The second kappa shape index (κ2) is 5.91. The Balaban J connectivity index is 1.96. The standard InChI is InChI=1S/C16H27N3/c1-13(2)10-17-11-14-6-5-7-15(18-14)19-9-8-16(3,4)12-19/h5-7,13,17H,8-12H2,1-4H3. The van der Waals surface area contributed by atoms with Gasteiger partial charge in [0.05, 0.1) is 5.69 Å². The number of aromatic nitrogens is 1. The Hall–Kier alpha value is -1.09. The first kappa shape index (κ1) is 14.3. The van der Waals surface area contributed by atoms with Gasteiger partial charge in [-0.1, -0.05) is 33.8 Å². The van der Waals surface area contributed by atoms with Crippen molar-refractivity contribution in [3.63, 3.8) is 0 Å². The van der Waals surface area contributed by atoms with Gasteiger partial charge in [-0.3, -0.25) is 0 Å². The molecular formula is C16H27N3. The molecule has 2 heterocycles. The SMILES string of the molecule is CC(C)CNCc1cccc(N2CCC(C)(C)C2)n1. The van der Waals surface area contributed by atoms with Gasteiger partial charge < -0.3 is 10.2 Å². The highest BCUT2D eigenvalue weighted by Crippen LogP contribution is 2.31. The molecule has 3 nitrogen and oxygen atoms in total. The molecule has 0 atom stereocenters. The Labute approximate surface area is 117 Å². The van der Waals surface area contributed by atoms with E-state index in [1.807, 2.05) is 0 Å². The molecule has 2 rings (SSSR count). The van der Waals surface area contributed by atoms with Crippen LogP contribution >= 0.6 is 0 Å². The molecule has 0 saturated carbocycles. The highest BCUT2D eigenvalue weighted by Gasteiger charge is 2.29. The van der Waals surface area contributed by atoms with E-state index in [4.69, 9.17) is 4.98 Å². The van der Waals surface area contributed by atoms with Gasteiger partial charge in [-0.2, -0.15) is 0 Å². The van der Waals surface area contributed by atoms with Crippen molar-refractivity contribution in [1.82, 2.24) is 10.3 Å². The van der Waals surface area contributed by atoms with Crippen LogP contribution in [0, 0.1) is 11.3 Å². The van der Waals surface area contributed by atoms with Crippen molar-refractivity contribution in [3.05, 3.63) is 23.9 Å². The summed E-state index contributed by atoms with van der Waals surface area (Å²) in [7, 11) is 0. The van der Waals surface area contributed by atoms with E-state index < -0.39 is 0 Å². The van der Waals surface area contributed by atoms with Crippen LogP contribution in [-0.4, -0.2) is 24.6 Å². The van der Waals surface area contributed by atoms with Gasteiger partial charge in [0.15, 0.2) is 0 Å². The van der Waals surface area contributed by atoms with E-state index in [2.05, 4.69) is 56.1 Å². The van der Waals surface area contributed by atoms with Crippen LogP contribution in [0.2, 0.25) is 0 Å². The van der Waals surface area contributed by atoms with Crippen molar-refractivity contribution in [2.24, 2.45) is 11.3 Å². The number of nitrogens with one attached hydrogen (secondary N) is 1. The molecule has 1 aromatic rings. The van der Waals surface area contributed by atoms with E-state index in [1.165, 1.54) is 6.42 Å². The molecule has 1 aliphatic heterocycles. The minimum Gasteiger partial charge on any atom is -0.356 e. The average Bonchev–Trinajstić information content (AvgIpc) is 2.70. The lowest BCUT2D eigenvalue weighted by molar-refractivity contribution is 0.418. The van der Waals surface area contributed by atoms with Gasteiger partial charge in [-0.25, -0.2) is 4.98 Å². The lowest BCUT2D eigenvalue weighted by Gasteiger charge is -2.21. The van der Waals surface area contributed by atoms with E-state index in [9.17, 15) is 0 Å². The highest BCUT2D eigenvalue weighted by molar-refractivity contribution is 5.41. The topological polar surface area (TPSA) is 28.2 Å². The van der Waals surface area contributed by atoms with E-state index in [0.29, 0.717) is 11.3 Å². The molecule has 0 amide bonds. The fraction of sp³-hybridized carbons (Fsp3) is 0.688. The van der Waals surface area contributed by atoms with Crippen LogP contribution in [0.5, 0.6) is 0 Å². The molecule has 1 aromatic heterocycles. The lowest BCUT2D eigenvalue weighted by Crippen LogP contribution is -2.24. The van der Waals surface area contributed by atoms with Crippen molar-refractivity contribution in [2.75, 3.05) is 24.5 Å². The van der Waals surface area contributed by atoms with E-state index in [1.54, 1.807) is 0 Å². The largest absolute Gasteiger partial charge is 0.356 e. The van der Waals surface area contributed by atoms with Crippen molar-refractivity contribution >= 4 is 5.82 Å². The number of hydrogen-bond donors (Lipinski definition) is 1. The maximum Gasteiger partial charge on any atom is 0.128 e. The molecule has 1 saturated heterocycles. The van der Waals surface area contributed by atoms with Gasteiger partial charge in [0.25, 0.3) is 0 Å². The van der Waals surface area contributed by atoms with Crippen molar-refractivity contribution in [1.29, 1.82) is 0 Å². The second-order valence-electron chi connectivity index (χ2n) is 6.85. The highest BCUT2D eigenvalue weighted by atomic mass is 15.2. The molecule has 1 aliphatic rings. The van der Waals surface area contributed by atoms with Gasteiger partial charge in [0.2, 0.25) is 0 Å². The second-order valence-corrected chi connectivity index (χ2v) is 6.85. The van der Waals surface area contributed by atoms with Crippen LogP contribution in [0.1, 0.15) is 39.8 Å². The third kappa shape index (κ3) is 4.20. The fourth-order valence-electron chi connectivity index (χ4n) is 2.54. The summed E-state index contributed by atoms with van der Waals surface area (Å²) in [6.07, 6.45) is 1.25. The summed E-state index contributed by atoms with van der Waals surface area (Å²) in [6, 6.07) is 6.37. The summed E-state index contributed by atoms with van der Waals surface area (Å²) in [5, 5.41) is 3.45. The van der Waals surface area contributed by atoms with Crippen molar-refractivity contribution in [3.8, 4) is 0 Å². The van der Waals surface area contributed by atoms with Crippen LogP contribution in [0.15, 0.2) is 18.2 Å². The first-order chi connectivity index (χ1) is 8.96. The van der Waals surface area contributed by atoms with Gasteiger partial charge in [-0.15, -0.1) is 0 Å². The molecule has 0 aromatic carbocycles. The maximum absolute atomic E-state index is 4.78. The van der Waals surface area contributed by atoms with Gasteiger partial charge in [-0.05, 0) is 36.4 Å². The van der Waals surface area contributed by atoms with Crippen LogP contribution in [-0.2, 0) is 6.54 Å². The van der Waals surface area contributed by atoms with Gasteiger partial charge >= 0.3 is 0 Å². The van der Waals surface area contributed by atoms with Crippen molar-refractivity contribution in [2.45, 2.75) is 40.7 Å². The molecule has 0 radical (unpaired) electrons. The number of nitrogens with zero attached hydrogens (tertiary/aromatic N) is 2. The summed E-state index contributed by atoms with van der Waals surface area (Å²) in [5.74, 6) is 1.82. The Morgan fingerprint density at radius 2 is 2.16 bits per heavy atom. The zero-order valence-corrected chi connectivity index (χ0v) is 12.7.